The van der Waals surface area contributed by atoms with Gasteiger partial charge in [-0.1, -0.05) is 34.1 Å². The van der Waals surface area contributed by atoms with E-state index in [1.54, 1.807) is 0 Å². The first-order valence-corrected chi connectivity index (χ1v) is 7.66. The maximum absolute atomic E-state index is 3.66. The molecule has 0 aliphatic rings. The normalized spacial score (nSPS) is 13.6. The van der Waals surface area contributed by atoms with E-state index >= 15 is 0 Å². The van der Waals surface area contributed by atoms with Crippen LogP contribution >= 0.6 is 0 Å². The van der Waals surface area contributed by atoms with Gasteiger partial charge in [0.15, 0.2) is 0 Å². The molecule has 0 aliphatic heterocycles. The molecule has 1 atom stereocenters. The Morgan fingerprint density at radius 2 is 1.59 bits per heavy atom. The van der Waals surface area contributed by atoms with Gasteiger partial charge in [0.2, 0.25) is 0 Å². The maximum atomic E-state index is 3.66. The minimum absolute atomic E-state index is 0.708. The number of nitrogens with one attached hydrogen (secondary N) is 1. The van der Waals surface area contributed by atoms with Gasteiger partial charge in [-0.25, -0.2) is 0 Å². The van der Waals surface area contributed by atoms with Crippen molar-refractivity contribution in [3.63, 3.8) is 0 Å². The molecule has 0 rings (SSSR count). The lowest BCUT2D eigenvalue weighted by Crippen LogP contribution is -2.41. The van der Waals surface area contributed by atoms with Crippen LogP contribution in [0.25, 0.3) is 0 Å². The maximum Gasteiger partial charge on any atom is 0.0110 e. The minimum Gasteiger partial charge on any atom is -0.313 e. The molecule has 0 saturated heterocycles. The van der Waals surface area contributed by atoms with E-state index in [9.17, 15) is 0 Å². The Bertz CT molecular complexity index is 155. The van der Waals surface area contributed by atoms with Crippen LogP contribution in [0.4, 0.5) is 0 Å². The van der Waals surface area contributed by atoms with E-state index in [1.807, 2.05) is 0 Å². The Labute approximate surface area is 109 Å². The minimum atomic E-state index is 0.708. The standard InChI is InChI=1S/C15H34N2/c1-6-10-12-17(14(5)7-2)13-11-16-15(8-3)9-4/h14-16H,6-13H2,1-5H3. The molecule has 104 valence electrons. The third-order valence-corrected chi connectivity index (χ3v) is 3.83. The number of hydrogen-bond donors (Lipinski definition) is 1. The predicted molar refractivity (Wildman–Crippen MR) is 78.6 cm³/mol. The Kier molecular flexibility index (Phi) is 11.0. The SMILES string of the molecule is CCCCN(CCNC(CC)CC)C(C)CC. The Balaban J connectivity index is 3.89. The summed E-state index contributed by atoms with van der Waals surface area (Å²) in [6.07, 6.45) is 6.38. The van der Waals surface area contributed by atoms with Crippen molar-refractivity contribution >= 4 is 0 Å². The zero-order valence-electron chi connectivity index (χ0n) is 12.8. The molecule has 0 bridgehead atoms. The van der Waals surface area contributed by atoms with Crippen LogP contribution in [-0.4, -0.2) is 36.6 Å². The average Bonchev–Trinajstić information content (AvgIpc) is 2.37. The summed E-state index contributed by atoms with van der Waals surface area (Å²) < 4.78 is 0. The summed E-state index contributed by atoms with van der Waals surface area (Å²) in [6, 6.07) is 1.44. The molecule has 2 heteroatoms. The van der Waals surface area contributed by atoms with Crippen LogP contribution in [-0.2, 0) is 0 Å². The van der Waals surface area contributed by atoms with Crippen LogP contribution in [0.3, 0.4) is 0 Å². The number of nitrogens with zero attached hydrogens (tertiary/aromatic N) is 1. The van der Waals surface area contributed by atoms with Gasteiger partial charge >= 0.3 is 0 Å². The second-order valence-corrected chi connectivity index (χ2v) is 5.11. The summed E-state index contributed by atoms with van der Waals surface area (Å²) in [6.45, 7) is 15.1. The van der Waals surface area contributed by atoms with Crippen molar-refractivity contribution in [2.45, 2.75) is 78.8 Å². The van der Waals surface area contributed by atoms with E-state index in [-0.39, 0.29) is 0 Å². The average molecular weight is 242 g/mol. The van der Waals surface area contributed by atoms with E-state index < -0.39 is 0 Å². The second kappa shape index (κ2) is 11.0. The fraction of sp³-hybridized carbons (Fsp3) is 1.00. The summed E-state index contributed by atoms with van der Waals surface area (Å²) in [5.41, 5.74) is 0. The third kappa shape index (κ3) is 7.77. The van der Waals surface area contributed by atoms with Crippen LogP contribution in [0.5, 0.6) is 0 Å². The Morgan fingerprint density at radius 3 is 2.06 bits per heavy atom. The lowest BCUT2D eigenvalue weighted by molar-refractivity contribution is 0.198. The number of hydrogen-bond acceptors (Lipinski definition) is 2. The summed E-state index contributed by atoms with van der Waals surface area (Å²) in [4.78, 5) is 2.64. The highest BCUT2D eigenvalue weighted by atomic mass is 15.2. The lowest BCUT2D eigenvalue weighted by Gasteiger charge is -2.29. The lowest BCUT2D eigenvalue weighted by atomic mass is 10.1. The molecule has 0 aromatic heterocycles. The second-order valence-electron chi connectivity index (χ2n) is 5.11. The van der Waals surface area contributed by atoms with Gasteiger partial charge in [0.1, 0.15) is 0 Å². The first-order valence-electron chi connectivity index (χ1n) is 7.66. The van der Waals surface area contributed by atoms with Gasteiger partial charge in [-0.2, -0.15) is 0 Å². The van der Waals surface area contributed by atoms with E-state index in [4.69, 9.17) is 0 Å². The summed E-state index contributed by atoms with van der Waals surface area (Å²) in [5.74, 6) is 0. The van der Waals surface area contributed by atoms with Gasteiger partial charge < -0.3 is 5.32 Å². The van der Waals surface area contributed by atoms with Gasteiger partial charge in [0.05, 0.1) is 0 Å². The van der Waals surface area contributed by atoms with Crippen molar-refractivity contribution in [1.82, 2.24) is 10.2 Å². The van der Waals surface area contributed by atoms with Crippen molar-refractivity contribution in [3.05, 3.63) is 0 Å². The molecule has 0 saturated carbocycles. The first kappa shape index (κ1) is 16.9. The monoisotopic (exact) mass is 242 g/mol. The van der Waals surface area contributed by atoms with Crippen molar-refractivity contribution in [3.8, 4) is 0 Å². The Hall–Kier alpha value is -0.0800. The zero-order chi connectivity index (χ0) is 13.1. The molecule has 2 nitrogen and oxygen atoms in total. The fourth-order valence-corrected chi connectivity index (χ4v) is 2.16. The van der Waals surface area contributed by atoms with E-state index in [0.717, 1.165) is 12.6 Å². The van der Waals surface area contributed by atoms with Crippen molar-refractivity contribution in [1.29, 1.82) is 0 Å². The van der Waals surface area contributed by atoms with Crippen molar-refractivity contribution in [2.24, 2.45) is 0 Å². The third-order valence-electron chi connectivity index (χ3n) is 3.83. The topological polar surface area (TPSA) is 15.3 Å². The van der Waals surface area contributed by atoms with Crippen molar-refractivity contribution < 1.29 is 0 Å². The molecule has 0 aromatic rings. The van der Waals surface area contributed by atoms with Gasteiger partial charge in [0, 0.05) is 25.2 Å². The molecule has 17 heavy (non-hydrogen) atoms. The number of unbranched alkanes of at least 4 members (excludes halogenated alkanes) is 1. The molecule has 0 spiro atoms. The van der Waals surface area contributed by atoms with Crippen LogP contribution in [0, 0.1) is 0 Å². The van der Waals surface area contributed by atoms with Gasteiger partial charge in [-0.3, -0.25) is 4.90 Å². The summed E-state index contributed by atoms with van der Waals surface area (Å²) in [7, 11) is 0. The van der Waals surface area contributed by atoms with E-state index in [1.165, 1.54) is 45.2 Å². The highest BCUT2D eigenvalue weighted by molar-refractivity contribution is 4.69. The van der Waals surface area contributed by atoms with Gasteiger partial charge in [0.25, 0.3) is 0 Å². The summed E-state index contributed by atoms with van der Waals surface area (Å²) in [5, 5.41) is 3.66. The molecule has 0 aromatic carbocycles. The molecule has 1 N–H and O–H groups in total. The molecule has 1 unspecified atom stereocenters. The molecule has 0 radical (unpaired) electrons. The van der Waals surface area contributed by atoms with Crippen LogP contribution in [0.15, 0.2) is 0 Å². The van der Waals surface area contributed by atoms with Crippen LogP contribution in [0.2, 0.25) is 0 Å². The molecular formula is C15H34N2. The Morgan fingerprint density at radius 1 is 0.941 bits per heavy atom. The molecule has 0 aliphatic carbocycles. The highest BCUT2D eigenvalue weighted by Gasteiger charge is 2.11. The first-order chi connectivity index (χ1) is 8.19. The predicted octanol–water partition coefficient (Wildman–Crippen LogP) is 3.67. The van der Waals surface area contributed by atoms with Crippen molar-refractivity contribution in [2.75, 3.05) is 19.6 Å². The van der Waals surface area contributed by atoms with Gasteiger partial charge in [-0.05, 0) is 39.2 Å². The largest absolute Gasteiger partial charge is 0.313 e. The zero-order valence-corrected chi connectivity index (χ0v) is 12.8. The quantitative estimate of drug-likeness (QED) is 0.595. The fourth-order valence-electron chi connectivity index (χ4n) is 2.16. The highest BCUT2D eigenvalue weighted by Crippen LogP contribution is 2.05. The molecular weight excluding hydrogens is 208 g/mol. The van der Waals surface area contributed by atoms with Crippen LogP contribution < -0.4 is 5.32 Å². The smallest absolute Gasteiger partial charge is 0.0110 e. The van der Waals surface area contributed by atoms with Gasteiger partial charge in [-0.15, -0.1) is 0 Å². The van der Waals surface area contributed by atoms with E-state index in [0.29, 0.717) is 6.04 Å². The van der Waals surface area contributed by atoms with Crippen LogP contribution in [0.1, 0.15) is 66.7 Å². The number of rotatable bonds is 11. The van der Waals surface area contributed by atoms with E-state index in [2.05, 4.69) is 44.8 Å². The molecule has 0 fully saturated rings. The molecule has 0 heterocycles. The molecule has 0 amide bonds. The summed E-state index contributed by atoms with van der Waals surface area (Å²) >= 11 is 0.